The molecule has 0 atom stereocenters. The highest BCUT2D eigenvalue weighted by atomic mass is 79.9. The number of hydrogen-bond acceptors (Lipinski definition) is 3. The number of aromatic nitrogens is 1. The zero-order valence-electron chi connectivity index (χ0n) is 9.24. The first kappa shape index (κ1) is 11.9. The molecule has 0 aliphatic heterocycles. The van der Waals surface area contributed by atoms with Gasteiger partial charge in [-0.25, -0.2) is 0 Å². The van der Waals surface area contributed by atoms with E-state index in [9.17, 15) is 4.79 Å². The van der Waals surface area contributed by atoms with Crippen molar-refractivity contribution in [2.45, 2.75) is 12.3 Å². The van der Waals surface area contributed by atoms with E-state index >= 15 is 0 Å². The van der Waals surface area contributed by atoms with E-state index in [2.05, 4.69) is 26.4 Å². The Labute approximate surface area is 107 Å². The normalized spacial score (nSPS) is 10.2. The number of carbonyl (C=O) groups is 1. The summed E-state index contributed by atoms with van der Waals surface area (Å²) in [7, 11) is 0. The molecule has 0 aliphatic carbocycles. The van der Waals surface area contributed by atoms with Crippen LogP contribution in [-0.4, -0.2) is 11.1 Å². The number of halogens is 1. The topological polar surface area (TPSA) is 55.1 Å². The third kappa shape index (κ3) is 2.94. The van der Waals surface area contributed by atoms with E-state index in [4.69, 9.17) is 4.52 Å². The van der Waals surface area contributed by atoms with E-state index in [1.54, 1.807) is 13.0 Å². The van der Waals surface area contributed by atoms with Crippen LogP contribution in [0.3, 0.4) is 0 Å². The molecule has 0 saturated carbocycles. The van der Waals surface area contributed by atoms with E-state index in [1.807, 2.05) is 24.3 Å². The van der Waals surface area contributed by atoms with Gasteiger partial charge in [0, 0.05) is 17.1 Å². The van der Waals surface area contributed by atoms with Gasteiger partial charge in [0.2, 0.25) is 5.76 Å². The van der Waals surface area contributed by atoms with Crippen LogP contribution in [0.15, 0.2) is 34.9 Å². The molecular formula is C12H11BrN2O2. The lowest BCUT2D eigenvalue weighted by molar-refractivity contribution is 0.0988. The Kier molecular flexibility index (Phi) is 3.58. The first-order valence-electron chi connectivity index (χ1n) is 5.08. The van der Waals surface area contributed by atoms with E-state index in [0.717, 1.165) is 16.6 Å². The SMILES string of the molecule is Cc1cc(C(=O)Nc2cccc(CBr)c2)on1. The number of nitrogens with one attached hydrogen (secondary N) is 1. The third-order valence-corrected chi connectivity index (χ3v) is 2.84. The van der Waals surface area contributed by atoms with Gasteiger partial charge < -0.3 is 9.84 Å². The summed E-state index contributed by atoms with van der Waals surface area (Å²) < 4.78 is 4.88. The second-order valence-electron chi connectivity index (χ2n) is 3.62. The molecule has 4 nitrogen and oxygen atoms in total. The molecule has 0 unspecified atom stereocenters. The van der Waals surface area contributed by atoms with Gasteiger partial charge in [0.1, 0.15) is 0 Å². The summed E-state index contributed by atoms with van der Waals surface area (Å²) >= 11 is 3.36. The Morgan fingerprint density at radius 2 is 2.29 bits per heavy atom. The van der Waals surface area contributed by atoms with Crippen molar-refractivity contribution in [3.63, 3.8) is 0 Å². The molecule has 0 saturated heterocycles. The van der Waals surface area contributed by atoms with Crippen LogP contribution < -0.4 is 5.32 Å². The number of aryl methyl sites for hydroxylation is 1. The van der Waals surface area contributed by atoms with Crippen molar-refractivity contribution in [2.75, 3.05) is 5.32 Å². The summed E-state index contributed by atoms with van der Waals surface area (Å²) in [6.07, 6.45) is 0. The second-order valence-corrected chi connectivity index (χ2v) is 4.18. The summed E-state index contributed by atoms with van der Waals surface area (Å²) in [5, 5.41) is 7.17. The predicted octanol–water partition coefficient (Wildman–Crippen LogP) is 3.13. The summed E-state index contributed by atoms with van der Waals surface area (Å²) in [6, 6.07) is 9.19. The minimum Gasteiger partial charge on any atom is -0.351 e. The molecule has 1 aromatic heterocycles. The molecule has 0 radical (unpaired) electrons. The zero-order valence-corrected chi connectivity index (χ0v) is 10.8. The first-order valence-corrected chi connectivity index (χ1v) is 6.21. The molecule has 2 aromatic rings. The van der Waals surface area contributed by atoms with Crippen LogP contribution in [0, 0.1) is 6.92 Å². The van der Waals surface area contributed by atoms with Gasteiger partial charge in [-0.2, -0.15) is 0 Å². The van der Waals surface area contributed by atoms with Crippen molar-refractivity contribution in [1.82, 2.24) is 5.16 Å². The molecule has 88 valence electrons. The molecule has 2 rings (SSSR count). The molecule has 1 heterocycles. The molecule has 0 spiro atoms. The smallest absolute Gasteiger partial charge is 0.294 e. The maximum Gasteiger partial charge on any atom is 0.294 e. The largest absolute Gasteiger partial charge is 0.351 e. The van der Waals surface area contributed by atoms with Crippen molar-refractivity contribution in [2.24, 2.45) is 0 Å². The lowest BCUT2D eigenvalue weighted by Crippen LogP contribution is -2.10. The lowest BCUT2D eigenvalue weighted by atomic mass is 10.2. The zero-order chi connectivity index (χ0) is 12.3. The third-order valence-electron chi connectivity index (χ3n) is 2.19. The highest BCUT2D eigenvalue weighted by Crippen LogP contribution is 2.14. The van der Waals surface area contributed by atoms with Gasteiger partial charge in [-0.1, -0.05) is 33.2 Å². The van der Waals surface area contributed by atoms with E-state index in [-0.39, 0.29) is 11.7 Å². The molecule has 0 bridgehead atoms. The lowest BCUT2D eigenvalue weighted by Gasteiger charge is -2.03. The standard InChI is InChI=1S/C12H11BrN2O2/c1-8-5-11(17-15-8)12(16)14-10-4-2-3-9(6-10)7-13/h2-6H,7H2,1H3,(H,14,16). The summed E-state index contributed by atoms with van der Waals surface area (Å²) in [6.45, 7) is 1.77. The van der Waals surface area contributed by atoms with Crippen molar-refractivity contribution < 1.29 is 9.32 Å². The van der Waals surface area contributed by atoms with E-state index in [0.29, 0.717) is 5.69 Å². The number of rotatable bonds is 3. The molecular weight excluding hydrogens is 284 g/mol. The number of carbonyl (C=O) groups excluding carboxylic acids is 1. The van der Waals surface area contributed by atoms with Gasteiger partial charge in [0.15, 0.2) is 0 Å². The van der Waals surface area contributed by atoms with Gasteiger partial charge in [0.05, 0.1) is 5.69 Å². The Bertz CT molecular complexity index is 537. The number of alkyl halides is 1. The maximum absolute atomic E-state index is 11.8. The molecule has 5 heteroatoms. The van der Waals surface area contributed by atoms with Crippen LogP contribution in [0.2, 0.25) is 0 Å². The quantitative estimate of drug-likeness (QED) is 0.885. The van der Waals surface area contributed by atoms with Gasteiger partial charge in [-0.3, -0.25) is 4.79 Å². The van der Waals surface area contributed by atoms with Crippen LogP contribution in [0.25, 0.3) is 0 Å². The minimum atomic E-state index is -0.294. The predicted molar refractivity (Wildman–Crippen MR) is 68.3 cm³/mol. The van der Waals surface area contributed by atoms with Gasteiger partial charge in [-0.05, 0) is 24.6 Å². The number of anilines is 1. The highest BCUT2D eigenvalue weighted by Gasteiger charge is 2.11. The summed E-state index contributed by atoms with van der Waals surface area (Å²) in [4.78, 5) is 11.8. The van der Waals surface area contributed by atoms with Crippen molar-refractivity contribution >= 4 is 27.5 Å². The van der Waals surface area contributed by atoms with Crippen LogP contribution in [0.5, 0.6) is 0 Å². The average Bonchev–Trinajstić information content (AvgIpc) is 2.76. The van der Waals surface area contributed by atoms with Crippen LogP contribution >= 0.6 is 15.9 Å². The molecule has 1 N–H and O–H groups in total. The Hall–Kier alpha value is -1.62. The van der Waals surface area contributed by atoms with E-state index < -0.39 is 0 Å². The molecule has 0 fully saturated rings. The van der Waals surface area contributed by atoms with Crippen molar-refractivity contribution in [1.29, 1.82) is 0 Å². The molecule has 0 aliphatic rings. The Balaban J connectivity index is 2.12. The molecule has 1 amide bonds. The first-order chi connectivity index (χ1) is 8.19. The number of hydrogen-bond donors (Lipinski definition) is 1. The van der Waals surface area contributed by atoms with Crippen LogP contribution in [0.1, 0.15) is 21.8 Å². The maximum atomic E-state index is 11.8. The van der Waals surface area contributed by atoms with Gasteiger partial charge >= 0.3 is 0 Å². The fourth-order valence-electron chi connectivity index (χ4n) is 1.40. The Morgan fingerprint density at radius 1 is 1.47 bits per heavy atom. The minimum absolute atomic E-state index is 0.215. The van der Waals surface area contributed by atoms with Crippen LogP contribution in [0.4, 0.5) is 5.69 Å². The highest BCUT2D eigenvalue weighted by molar-refractivity contribution is 9.08. The van der Waals surface area contributed by atoms with Crippen LogP contribution in [-0.2, 0) is 5.33 Å². The average molecular weight is 295 g/mol. The number of benzene rings is 1. The van der Waals surface area contributed by atoms with Crippen molar-refractivity contribution in [3.05, 3.63) is 47.3 Å². The molecule has 1 aromatic carbocycles. The number of nitrogens with zero attached hydrogens (tertiary/aromatic N) is 1. The van der Waals surface area contributed by atoms with Gasteiger partial charge in [0.25, 0.3) is 5.91 Å². The molecule has 17 heavy (non-hydrogen) atoms. The second kappa shape index (κ2) is 5.14. The van der Waals surface area contributed by atoms with Gasteiger partial charge in [-0.15, -0.1) is 0 Å². The fourth-order valence-corrected chi connectivity index (χ4v) is 1.74. The van der Waals surface area contributed by atoms with E-state index in [1.165, 1.54) is 0 Å². The fraction of sp³-hybridized carbons (Fsp3) is 0.167. The summed E-state index contributed by atoms with van der Waals surface area (Å²) in [5.74, 6) is -0.0796. The number of amides is 1. The monoisotopic (exact) mass is 294 g/mol. The van der Waals surface area contributed by atoms with Crippen molar-refractivity contribution in [3.8, 4) is 0 Å². The Morgan fingerprint density at radius 3 is 2.94 bits per heavy atom. The summed E-state index contributed by atoms with van der Waals surface area (Å²) in [5.41, 5.74) is 2.52.